The van der Waals surface area contributed by atoms with Crippen LogP contribution in [-0.2, 0) is 38.2 Å². The molecule has 1 saturated heterocycles. The lowest BCUT2D eigenvalue weighted by atomic mass is 9.95. The number of hydrogen-bond donors (Lipinski definition) is 0. The zero-order valence-electron chi connectivity index (χ0n) is 19.6. The summed E-state index contributed by atoms with van der Waals surface area (Å²) in [5, 5.41) is 0. The van der Waals surface area contributed by atoms with Gasteiger partial charge in [-0.3, -0.25) is 14.5 Å². The van der Waals surface area contributed by atoms with Gasteiger partial charge in [0.15, 0.2) is 0 Å². The fraction of sp³-hybridized carbons (Fsp3) is 0.680. The van der Waals surface area contributed by atoms with Gasteiger partial charge in [-0.1, -0.05) is 6.07 Å². The first-order chi connectivity index (χ1) is 16.3. The third-order valence-corrected chi connectivity index (χ3v) is 7.36. The van der Waals surface area contributed by atoms with Crippen LogP contribution in [0.3, 0.4) is 0 Å². The van der Waals surface area contributed by atoms with E-state index in [1.54, 1.807) is 11.8 Å². The Kier molecular flexibility index (Phi) is 7.82. The molecule has 1 aromatic carbocycles. The SMILES string of the molecule is CCOC(=O)CN(C1CCOCC1)C1CC[C@H](C(=O)N2CCc3ccc(C(F)(F)F)cc3C2)C1. The maximum absolute atomic E-state index is 13.3. The number of carbonyl (C=O) groups is 2. The van der Waals surface area contributed by atoms with E-state index in [-0.39, 0.29) is 43.0 Å². The van der Waals surface area contributed by atoms with Gasteiger partial charge in [-0.15, -0.1) is 0 Å². The van der Waals surface area contributed by atoms with Crippen LogP contribution in [0.5, 0.6) is 0 Å². The van der Waals surface area contributed by atoms with Gasteiger partial charge in [-0.2, -0.15) is 13.2 Å². The highest BCUT2D eigenvalue weighted by Crippen LogP contribution is 2.36. The molecule has 2 heterocycles. The van der Waals surface area contributed by atoms with Crippen molar-refractivity contribution in [2.45, 2.75) is 70.3 Å². The number of esters is 1. The van der Waals surface area contributed by atoms with Crippen LogP contribution in [0.25, 0.3) is 0 Å². The summed E-state index contributed by atoms with van der Waals surface area (Å²) in [5.41, 5.74) is 0.782. The Balaban J connectivity index is 1.41. The average molecular weight is 483 g/mol. The number of alkyl halides is 3. The number of amides is 1. The maximum atomic E-state index is 13.3. The smallest absolute Gasteiger partial charge is 0.416 e. The fourth-order valence-electron chi connectivity index (χ4n) is 5.59. The topological polar surface area (TPSA) is 59.1 Å². The third kappa shape index (κ3) is 5.74. The number of benzene rings is 1. The normalized spacial score (nSPS) is 23.7. The van der Waals surface area contributed by atoms with Crippen molar-refractivity contribution >= 4 is 11.9 Å². The van der Waals surface area contributed by atoms with Crippen LogP contribution in [0.4, 0.5) is 13.2 Å². The van der Waals surface area contributed by atoms with Gasteiger partial charge in [-0.25, -0.2) is 0 Å². The Morgan fingerprint density at radius 1 is 1.12 bits per heavy atom. The second-order valence-corrected chi connectivity index (χ2v) is 9.48. The highest BCUT2D eigenvalue weighted by Gasteiger charge is 2.39. The molecular formula is C25H33F3N2O4. The molecule has 1 unspecified atom stereocenters. The van der Waals surface area contributed by atoms with E-state index < -0.39 is 11.7 Å². The Morgan fingerprint density at radius 3 is 2.59 bits per heavy atom. The van der Waals surface area contributed by atoms with E-state index in [9.17, 15) is 22.8 Å². The number of ether oxygens (including phenoxy) is 2. The summed E-state index contributed by atoms with van der Waals surface area (Å²) < 4.78 is 50.1. The average Bonchev–Trinajstić information content (AvgIpc) is 3.31. The Labute approximate surface area is 198 Å². The van der Waals surface area contributed by atoms with Gasteiger partial charge < -0.3 is 14.4 Å². The number of rotatable bonds is 6. The molecule has 0 bridgehead atoms. The minimum absolute atomic E-state index is 0.00799. The zero-order chi connectivity index (χ0) is 24.3. The first-order valence-corrected chi connectivity index (χ1v) is 12.2. The minimum atomic E-state index is -4.40. The lowest BCUT2D eigenvalue weighted by molar-refractivity contribution is -0.146. The number of hydrogen-bond acceptors (Lipinski definition) is 5. The van der Waals surface area contributed by atoms with Gasteiger partial charge in [0.05, 0.1) is 18.7 Å². The predicted molar refractivity (Wildman–Crippen MR) is 119 cm³/mol. The number of carbonyl (C=O) groups excluding carboxylic acids is 2. The molecular weight excluding hydrogens is 449 g/mol. The maximum Gasteiger partial charge on any atom is 0.416 e. The number of nitrogens with zero attached hydrogens (tertiary/aromatic N) is 2. The van der Waals surface area contributed by atoms with Crippen LogP contribution in [0.1, 0.15) is 55.7 Å². The predicted octanol–water partition coefficient (Wildman–Crippen LogP) is 3.80. The molecule has 1 aliphatic carbocycles. The van der Waals surface area contributed by atoms with E-state index in [0.717, 1.165) is 37.3 Å². The summed E-state index contributed by atoms with van der Waals surface area (Å²) >= 11 is 0. The summed E-state index contributed by atoms with van der Waals surface area (Å²) in [6.45, 7) is 4.38. The van der Waals surface area contributed by atoms with Crippen LogP contribution in [0, 0.1) is 5.92 Å². The van der Waals surface area contributed by atoms with Gasteiger partial charge >= 0.3 is 12.1 Å². The van der Waals surface area contributed by atoms with E-state index in [2.05, 4.69) is 4.90 Å². The summed E-state index contributed by atoms with van der Waals surface area (Å²) in [6, 6.07) is 4.16. The van der Waals surface area contributed by atoms with Crippen molar-refractivity contribution in [1.29, 1.82) is 0 Å². The van der Waals surface area contributed by atoms with Gasteiger partial charge in [0.1, 0.15) is 0 Å². The molecule has 0 N–H and O–H groups in total. The zero-order valence-corrected chi connectivity index (χ0v) is 19.6. The van der Waals surface area contributed by atoms with Gasteiger partial charge in [-0.05, 0) is 68.7 Å². The largest absolute Gasteiger partial charge is 0.465 e. The summed E-state index contributed by atoms with van der Waals surface area (Å²) in [7, 11) is 0. The molecule has 2 aliphatic heterocycles. The minimum Gasteiger partial charge on any atom is -0.465 e. The molecule has 1 saturated carbocycles. The summed E-state index contributed by atoms with van der Waals surface area (Å²) in [5.74, 6) is -0.424. The summed E-state index contributed by atoms with van der Waals surface area (Å²) in [4.78, 5) is 29.5. The van der Waals surface area contributed by atoms with Crippen molar-refractivity contribution < 1.29 is 32.2 Å². The Hall–Kier alpha value is -2.13. The molecule has 3 aliphatic rings. The third-order valence-electron chi connectivity index (χ3n) is 7.36. The van der Waals surface area contributed by atoms with Crippen molar-refractivity contribution in [3.63, 3.8) is 0 Å². The van der Waals surface area contributed by atoms with Gasteiger partial charge in [0, 0.05) is 44.3 Å². The molecule has 34 heavy (non-hydrogen) atoms. The van der Waals surface area contributed by atoms with E-state index in [1.807, 2.05) is 0 Å². The van der Waals surface area contributed by atoms with E-state index in [4.69, 9.17) is 9.47 Å². The number of halogens is 3. The number of fused-ring (bicyclic) bond motifs is 1. The second-order valence-electron chi connectivity index (χ2n) is 9.48. The quantitative estimate of drug-likeness (QED) is 0.578. The highest BCUT2D eigenvalue weighted by atomic mass is 19.4. The van der Waals surface area contributed by atoms with Crippen molar-refractivity contribution in [2.24, 2.45) is 5.92 Å². The molecule has 0 radical (unpaired) electrons. The molecule has 1 amide bonds. The van der Waals surface area contributed by atoms with Gasteiger partial charge in [0.25, 0.3) is 0 Å². The Bertz CT molecular complexity index is 885. The molecule has 0 aromatic heterocycles. The first-order valence-electron chi connectivity index (χ1n) is 12.2. The second kappa shape index (κ2) is 10.6. The molecule has 9 heteroatoms. The van der Waals surface area contributed by atoms with Gasteiger partial charge in [0.2, 0.25) is 5.91 Å². The summed E-state index contributed by atoms with van der Waals surface area (Å²) in [6.07, 6.45) is 0.0479. The fourth-order valence-corrected chi connectivity index (χ4v) is 5.59. The molecule has 0 spiro atoms. The molecule has 1 aromatic rings. The van der Waals surface area contributed by atoms with E-state index in [0.29, 0.717) is 44.8 Å². The molecule has 2 fully saturated rings. The standard InChI is InChI=1S/C25H33F3N2O4/c1-2-34-23(31)16-30(21-8-11-33-12-9-21)22-6-4-18(14-22)24(32)29-10-7-17-3-5-20(25(26,27)28)13-19(17)15-29/h3,5,13,18,21-22H,2,4,6-12,14-16H2,1H3/t18-,22?/m0/s1. The first kappa shape index (κ1) is 25.0. The monoisotopic (exact) mass is 482 g/mol. The molecule has 6 nitrogen and oxygen atoms in total. The van der Waals surface area contributed by atoms with Crippen LogP contribution < -0.4 is 0 Å². The van der Waals surface area contributed by atoms with E-state index in [1.165, 1.54) is 12.1 Å². The molecule has 188 valence electrons. The van der Waals surface area contributed by atoms with Crippen molar-refractivity contribution in [3.8, 4) is 0 Å². The highest BCUT2D eigenvalue weighted by molar-refractivity contribution is 5.79. The van der Waals surface area contributed by atoms with E-state index >= 15 is 0 Å². The lowest BCUT2D eigenvalue weighted by Crippen LogP contribution is -2.48. The van der Waals surface area contributed by atoms with Crippen molar-refractivity contribution in [1.82, 2.24) is 9.80 Å². The molecule has 4 rings (SSSR count). The van der Waals surface area contributed by atoms with Crippen molar-refractivity contribution in [2.75, 3.05) is 32.9 Å². The van der Waals surface area contributed by atoms with Crippen LogP contribution in [0.15, 0.2) is 18.2 Å². The lowest BCUT2D eigenvalue weighted by Gasteiger charge is -2.38. The van der Waals surface area contributed by atoms with Crippen LogP contribution >= 0.6 is 0 Å². The molecule has 2 atom stereocenters. The van der Waals surface area contributed by atoms with Crippen LogP contribution in [0.2, 0.25) is 0 Å². The van der Waals surface area contributed by atoms with Crippen molar-refractivity contribution in [3.05, 3.63) is 34.9 Å². The van der Waals surface area contributed by atoms with Crippen LogP contribution in [-0.4, -0.2) is 66.7 Å². The Morgan fingerprint density at radius 2 is 1.88 bits per heavy atom.